The third-order valence-corrected chi connectivity index (χ3v) is 4.26. The van der Waals surface area contributed by atoms with Crippen molar-refractivity contribution in [3.63, 3.8) is 0 Å². The first-order chi connectivity index (χ1) is 8.72. The molecule has 2 heteroatoms. The lowest BCUT2D eigenvalue weighted by Crippen LogP contribution is -2.17. The lowest BCUT2D eigenvalue weighted by molar-refractivity contribution is 0.1000. The van der Waals surface area contributed by atoms with E-state index in [1.807, 2.05) is 12.1 Å². The molecule has 0 spiro atoms. The Morgan fingerprint density at radius 2 is 2.06 bits per heavy atom. The third kappa shape index (κ3) is 2.92. The van der Waals surface area contributed by atoms with Crippen LogP contribution in [0, 0.1) is 5.92 Å². The van der Waals surface area contributed by atoms with Gasteiger partial charge in [0.15, 0.2) is 0 Å². The van der Waals surface area contributed by atoms with E-state index in [-0.39, 0.29) is 5.91 Å². The van der Waals surface area contributed by atoms with Crippen molar-refractivity contribution in [1.29, 1.82) is 0 Å². The van der Waals surface area contributed by atoms with E-state index in [0.29, 0.717) is 11.5 Å². The smallest absolute Gasteiger partial charge is 0.248 e. The number of nitrogens with two attached hydrogens (primary N) is 1. The average molecular weight is 245 g/mol. The van der Waals surface area contributed by atoms with Crippen molar-refractivity contribution in [2.75, 3.05) is 0 Å². The zero-order chi connectivity index (χ0) is 13.0. The molecule has 1 unspecified atom stereocenters. The van der Waals surface area contributed by atoms with E-state index in [2.05, 4.69) is 13.0 Å². The first kappa shape index (κ1) is 13.1. The minimum absolute atomic E-state index is 0.324. The summed E-state index contributed by atoms with van der Waals surface area (Å²) in [5.74, 6) is 1.05. The predicted octanol–water partition coefficient (Wildman–Crippen LogP) is 3.86. The molecular weight excluding hydrogens is 222 g/mol. The summed E-state index contributed by atoms with van der Waals surface area (Å²) in [6.07, 6.45) is 7.91. The molecule has 1 aliphatic rings. The van der Waals surface area contributed by atoms with E-state index >= 15 is 0 Å². The quantitative estimate of drug-likeness (QED) is 0.860. The molecule has 0 heterocycles. The van der Waals surface area contributed by atoms with Crippen molar-refractivity contribution in [2.24, 2.45) is 11.7 Å². The molecular formula is C16H23NO. The van der Waals surface area contributed by atoms with Gasteiger partial charge in [0.25, 0.3) is 0 Å². The van der Waals surface area contributed by atoms with Crippen molar-refractivity contribution >= 4 is 5.91 Å². The summed E-state index contributed by atoms with van der Waals surface area (Å²) in [7, 11) is 0. The summed E-state index contributed by atoms with van der Waals surface area (Å²) in [6, 6.07) is 7.90. The van der Waals surface area contributed by atoms with Crippen LogP contribution in [0.25, 0.3) is 0 Å². The van der Waals surface area contributed by atoms with Gasteiger partial charge in [-0.1, -0.05) is 38.3 Å². The fourth-order valence-electron chi connectivity index (χ4n) is 3.30. The van der Waals surface area contributed by atoms with Crippen molar-refractivity contribution in [3.8, 4) is 0 Å². The zero-order valence-electron chi connectivity index (χ0n) is 11.2. The van der Waals surface area contributed by atoms with E-state index < -0.39 is 0 Å². The van der Waals surface area contributed by atoms with Crippen LogP contribution in [-0.4, -0.2) is 5.91 Å². The predicted molar refractivity (Wildman–Crippen MR) is 74.6 cm³/mol. The monoisotopic (exact) mass is 245 g/mol. The second kappa shape index (κ2) is 6.03. The molecule has 1 aromatic rings. The molecule has 1 aromatic carbocycles. The van der Waals surface area contributed by atoms with E-state index in [1.54, 1.807) is 6.07 Å². The first-order valence-electron chi connectivity index (χ1n) is 7.12. The maximum absolute atomic E-state index is 11.3. The highest BCUT2D eigenvalue weighted by atomic mass is 16.1. The molecule has 0 bridgehead atoms. The van der Waals surface area contributed by atoms with Crippen LogP contribution < -0.4 is 5.73 Å². The Balaban J connectivity index is 2.20. The maximum atomic E-state index is 11.3. The Morgan fingerprint density at radius 1 is 1.33 bits per heavy atom. The summed E-state index contributed by atoms with van der Waals surface area (Å²) >= 11 is 0. The number of carbonyl (C=O) groups is 1. The third-order valence-electron chi connectivity index (χ3n) is 4.26. The zero-order valence-corrected chi connectivity index (χ0v) is 11.2. The molecule has 0 saturated heterocycles. The Labute approximate surface area is 110 Å². The van der Waals surface area contributed by atoms with Crippen LogP contribution in [0.3, 0.4) is 0 Å². The number of benzene rings is 1. The van der Waals surface area contributed by atoms with Gasteiger partial charge in [0.2, 0.25) is 5.91 Å². The first-order valence-corrected chi connectivity index (χ1v) is 7.12. The fraction of sp³-hybridized carbons (Fsp3) is 0.562. The molecule has 18 heavy (non-hydrogen) atoms. The minimum atomic E-state index is -0.324. The van der Waals surface area contributed by atoms with Crippen LogP contribution in [0.1, 0.15) is 67.3 Å². The molecule has 1 amide bonds. The molecule has 2 nitrogen and oxygen atoms in total. The number of carbonyl (C=O) groups excluding carboxylic acids is 1. The number of hydrogen-bond donors (Lipinski definition) is 1. The fourth-order valence-corrected chi connectivity index (χ4v) is 3.30. The highest BCUT2D eigenvalue weighted by molar-refractivity contribution is 5.92. The molecule has 1 fully saturated rings. The van der Waals surface area contributed by atoms with Gasteiger partial charge in [0.05, 0.1) is 0 Å². The normalized spacial score (nSPS) is 18.5. The molecule has 2 rings (SSSR count). The summed E-state index contributed by atoms with van der Waals surface area (Å²) in [4.78, 5) is 11.3. The van der Waals surface area contributed by atoms with Crippen molar-refractivity contribution in [1.82, 2.24) is 0 Å². The Kier molecular flexibility index (Phi) is 4.40. The van der Waals surface area contributed by atoms with Gasteiger partial charge in [-0.25, -0.2) is 0 Å². The van der Waals surface area contributed by atoms with Gasteiger partial charge in [-0.3, -0.25) is 4.79 Å². The summed E-state index contributed by atoms with van der Waals surface area (Å²) in [6.45, 7) is 2.25. The highest BCUT2D eigenvalue weighted by Crippen LogP contribution is 2.38. The maximum Gasteiger partial charge on any atom is 0.248 e. The Bertz CT molecular complexity index is 407. The number of hydrogen-bond acceptors (Lipinski definition) is 1. The van der Waals surface area contributed by atoms with Gasteiger partial charge in [0.1, 0.15) is 0 Å². The Hall–Kier alpha value is -1.31. The van der Waals surface area contributed by atoms with Crippen LogP contribution in [0.15, 0.2) is 24.3 Å². The molecule has 0 radical (unpaired) electrons. The minimum Gasteiger partial charge on any atom is -0.366 e. The van der Waals surface area contributed by atoms with Crippen molar-refractivity contribution in [2.45, 2.75) is 51.4 Å². The second-order valence-electron chi connectivity index (χ2n) is 5.40. The summed E-state index contributed by atoms with van der Waals surface area (Å²) < 4.78 is 0. The van der Waals surface area contributed by atoms with Gasteiger partial charge in [0, 0.05) is 5.56 Å². The van der Waals surface area contributed by atoms with E-state index in [9.17, 15) is 4.79 Å². The van der Waals surface area contributed by atoms with E-state index in [4.69, 9.17) is 5.73 Å². The van der Waals surface area contributed by atoms with E-state index in [0.717, 1.165) is 12.3 Å². The molecule has 98 valence electrons. The second-order valence-corrected chi connectivity index (χ2v) is 5.40. The number of primary amides is 1. The molecule has 2 N–H and O–H groups in total. The molecule has 1 aliphatic carbocycles. The highest BCUT2D eigenvalue weighted by Gasteiger charge is 2.23. The SMILES string of the molecule is CCC(c1cccc(C(N)=O)c1)C1CCCCC1. The van der Waals surface area contributed by atoms with Crippen molar-refractivity contribution in [3.05, 3.63) is 35.4 Å². The van der Waals surface area contributed by atoms with Gasteiger partial charge in [-0.2, -0.15) is 0 Å². The van der Waals surface area contributed by atoms with Crippen LogP contribution in [0.5, 0.6) is 0 Å². The van der Waals surface area contributed by atoms with Gasteiger partial charge >= 0.3 is 0 Å². The lowest BCUT2D eigenvalue weighted by atomic mass is 9.75. The largest absolute Gasteiger partial charge is 0.366 e. The number of amides is 1. The van der Waals surface area contributed by atoms with Crippen LogP contribution >= 0.6 is 0 Å². The van der Waals surface area contributed by atoms with Crippen LogP contribution in [0.4, 0.5) is 0 Å². The van der Waals surface area contributed by atoms with E-state index in [1.165, 1.54) is 37.7 Å². The lowest BCUT2D eigenvalue weighted by Gasteiger charge is -2.30. The standard InChI is InChI=1S/C16H23NO/c1-2-15(12-7-4-3-5-8-12)13-9-6-10-14(11-13)16(17)18/h6,9-12,15H,2-5,7-8H2,1H3,(H2,17,18). The van der Waals surface area contributed by atoms with Gasteiger partial charge < -0.3 is 5.73 Å². The number of rotatable bonds is 4. The summed E-state index contributed by atoms with van der Waals surface area (Å²) in [5, 5.41) is 0. The van der Waals surface area contributed by atoms with Gasteiger partial charge in [-0.05, 0) is 48.8 Å². The van der Waals surface area contributed by atoms with Crippen LogP contribution in [0.2, 0.25) is 0 Å². The van der Waals surface area contributed by atoms with Crippen molar-refractivity contribution < 1.29 is 4.79 Å². The van der Waals surface area contributed by atoms with Crippen LogP contribution in [-0.2, 0) is 0 Å². The summed E-state index contributed by atoms with van der Waals surface area (Å²) in [5.41, 5.74) is 7.30. The topological polar surface area (TPSA) is 43.1 Å². The molecule has 0 aromatic heterocycles. The van der Waals surface area contributed by atoms with Gasteiger partial charge in [-0.15, -0.1) is 0 Å². The molecule has 1 saturated carbocycles. The Morgan fingerprint density at radius 3 is 2.67 bits per heavy atom. The molecule has 0 aliphatic heterocycles. The molecule has 1 atom stereocenters. The average Bonchev–Trinajstić information content (AvgIpc) is 2.41.